The number of fused-ring (bicyclic) bond motifs is 1. The summed E-state index contributed by atoms with van der Waals surface area (Å²) in [6.07, 6.45) is 0. The van der Waals surface area contributed by atoms with Crippen molar-refractivity contribution in [1.82, 2.24) is 9.78 Å². The lowest BCUT2D eigenvalue weighted by molar-refractivity contribution is 0.273. The van der Waals surface area contributed by atoms with E-state index >= 15 is 0 Å². The van der Waals surface area contributed by atoms with E-state index in [1.807, 2.05) is 77.5 Å². The first-order chi connectivity index (χ1) is 16.2. The van der Waals surface area contributed by atoms with Crippen LogP contribution in [-0.2, 0) is 5.54 Å². The van der Waals surface area contributed by atoms with Crippen molar-refractivity contribution >= 4 is 16.7 Å². The van der Waals surface area contributed by atoms with Crippen LogP contribution in [0, 0.1) is 0 Å². The highest BCUT2D eigenvalue weighted by Gasteiger charge is 2.40. The highest BCUT2D eigenvalue weighted by Crippen LogP contribution is 2.43. The summed E-state index contributed by atoms with van der Waals surface area (Å²) in [6, 6.07) is 36.5. The summed E-state index contributed by atoms with van der Waals surface area (Å²) in [6.45, 7) is -0.548. The lowest BCUT2D eigenvalue weighted by Crippen LogP contribution is -2.38. The normalized spacial score (nSPS) is 11.5. The quantitative estimate of drug-likeness (QED) is 0.327. The number of nitrogens with two attached hydrogens (primary N) is 1. The summed E-state index contributed by atoms with van der Waals surface area (Å²) in [5, 5.41) is 5.64. The molecule has 0 spiro atoms. The predicted molar refractivity (Wildman–Crippen MR) is 130 cm³/mol. The number of rotatable bonds is 7. The van der Waals surface area contributed by atoms with E-state index in [0.29, 0.717) is 11.6 Å². The fourth-order valence-corrected chi connectivity index (χ4v) is 4.53. The van der Waals surface area contributed by atoms with E-state index in [4.69, 9.17) is 15.6 Å². The average Bonchev–Trinajstić information content (AvgIpc) is 3.21. The summed E-state index contributed by atoms with van der Waals surface area (Å²) in [7, 11) is 0. The van der Waals surface area contributed by atoms with Crippen molar-refractivity contribution in [2.24, 2.45) is 0 Å². The zero-order valence-corrected chi connectivity index (χ0v) is 18.1. The molecule has 1 aromatic heterocycles. The van der Waals surface area contributed by atoms with Gasteiger partial charge in [-0.15, -0.1) is 0 Å². The van der Waals surface area contributed by atoms with Crippen molar-refractivity contribution in [2.75, 3.05) is 19.0 Å². The Balaban J connectivity index is 1.87. The van der Waals surface area contributed by atoms with Gasteiger partial charge in [-0.1, -0.05) is 91.0 Å². The van der Waals surface area contributed by atoms with Gasteiger partial charge in [-0.05, 0) is 34.9 Å². The maximum atomic E-state index is 12.6. The van der Waals surface area contributed by atoms with Gasteiger partial charge in [0.05, 0.1) is 5.52 Å². The third-order valence-electron chi connectivity index (χ3n) is 5.92. The van der Waals surface area contributed by atoms with Gasteiger partial charge in [0.15, 0.2) is 5.82 Å². The number of aromatic nitrogens is 2. The monoisotopic (exact) mass is 437 g/mol. The standard InChI is InChI=1S/C28H24FN3O/c29-18-19-33-24-16-17-26-25(20-24)27(30)31-32(26)28(21-10-4-1-5-11-21,22-12-6-2-7-13-22)23-14-8-3-9-15-23/h1-17,20H,18-19H2,(H2,30,31). The zero-order valence-electron chi connectivity index (χ0n) is 18.1. The van der Waals surface area contributed by atoms with Crippen LogP contribution in [0.25, 0.3) is 10.9 Å². The Kier molecular flexibility index (Phi) is 5.53. The topological polar surface area (TPSA) is 53.1 Å². The molecule has 33 heavy (non-hydrogen) atoms. The average molecular weight is 438 g/mol. The molecule has 0 amide bonds. The van der Waals surface area contributed by atoms with Crippen molar-refractivity contribution in [3.8, 4) is 5.75 Å². The predicted octanol–water partition coefficient (Wildman–Crippen LogP) is 5.81. The summed E-state index contributed by atoms with van der Waals surface area (Å²) < 4.78 is 20.1. The molecule has 0 radical (unpaired) electrons. The minimum atomic E-state index is -0.763. The van der Waals surface area contributed by atoms with Crippen molar-refractivity contribution < 1.29 is 9.13 Å². The van der Waals surface area contributed by atoms with Gasteiger partial charge in [-0.25, -0.2) is 9.07 Å². The fraction of sp³-hybridized carbons (Fsp3) is 0.107. The molecule has 0 atom stereocenters. The molecule has 4 aromatic carbocycles. The number of hydrogen-bond acceptors (Lipinski definition) is 3. The second-order valence-electron chi connectivity index (χ2n) is 7.82. The first-order valence-electron chi connectivity index (χ1n) is 10.9. The molecular formula is C28H24FN3O. The maximum absolute atomic E-state index is 12.6. The van der Waals surface area contributed by atoms with Crippen LogP contribution in [0.15, 0.2) is 109 Å². The van der Waals surface area contributed by atoms with E-state index < -0.39 is 12.2 Å². The SMILES string of the molecule is Nc1nn(C(c2ccccc2)(c2ccccc2)c2ccccc2)c2ccc(OCCF)cc12. The number of alkyl halides is 1. The van der Waals surface area contributed by atoms with Crippen molar-refractivity contribution in [3.63, 3.8) is 0 Å². The van der Waals surface area contributed by atoms with E-state index in [0.717, 1.165) is 27.6 Å². The van der Waals surface area contributed by atoms with Crippen LogP contribution >= 0.6 is 0 Å². The van der Waals surface area contributed by atoms with E-state index in [-0.39, 0.29) is 6.61 Å². The highest BCUT2D eigenvalue weighted by atomic mass is 19.1. The van der Waals surface area contributed by atoms with Gasteiger partial charge in [0.1, 0.15) is 24.6 Å². The molecule has 0 saturated heterocycles. The molecule has 164 valence electrons. The molecule has 5 rings (SSSR count). The van der Waals surface area contributed by atoms with Crippen LogP contribution in [-0.4, -0.2) is 23.1 Å². The van der Waals surface area contributed by atoms with Crippen LogP contribution in [0.5, 0.6) is 5.75 Å². The van der Waals surface area contributed by atoms with E-state index in [2.05, 4.69) is 36.4 Å². The van der Waals surface area contributed by atoms with Gasteiger partial charge in [0.2, 0.25) is 0 Å². The van der Waals surface area contributed by atoms with Crippen LogP contribution < -0.4 is 10.5 Å². The van der Waals surface area contributed by atoms with Crippen molar-refractivity contribution in [3.05, 3.63) is 126 Å². The van der Waals surface area contributed by atoms with E-state index in [1.54, 1.807) is 0 Å². The summed E-state index contributed by atoms with van der Waals surface area (Å²) in [4.78, 5) is 0. The second kappa shape index (κ2) is 8.79. The van der Waals surface area contributed by atoms with Crippen LogP contribution in [0.3, 0.4) is 0 Å². The third kappa shape index (κ3) is 3.52. The molecule has 2 N–H and O–H groups in total. The number of nitrogens with zero attached hydrogens (tertiary/aromatic N) is 2. The molecule has 0 aliphatic rings. The smallest absolute Gasteiger partial charge is 0.153 e. The number of halogens is 1. The molecular weight excluding hydrogens is 413 g/mol. The van der Waals surface area contributed by atoms with Gasteiger partial charge >= 0.3 is 0 Å². The Bertz CT molecular complexity index is 1260. The molecule has 0 bridgehead atoms. The van der Waals surface area contributed by atoms with E-state index in [9.17, 15) is 4.39 Å². The highest BCUT2D eigenvalue weighted by molar-refractivity contribution is 5.91. The Morgan fingerprint density at radius 1 is 0.758 bits per heavy atom. The first-order valence-corrected chi connectivity index (χ1v) is 10.9. The Hall–Kier alpha value is -4.12. The second-order valence-corrected chi connectivity index (χ2v) is 7.82. The van der Waals surface area contributed by atoms with Crippen LogP contribution in [0.1, 0.15) is 16.7 Å². The lowest BCUT2D eigenvalue weighted by atomic mass is 9.77. The fourth-order valence-electron chi connectivity index (χ4n) is 4.53. The Morgan fingerprint density at radius 3 is 1.76 bits per heavy atom. The minimum Gasteiger partial charge on any atom is -0.491 e. The largest absolute Gasteiger partial charge is 0.491 e. The molecule has 0 fully saturated rings. The van der Waals surface area contributed by atoms with Crippen molar-refractivity contribution in [1.29, 1.82) is 0 Å². The number of hydrogen-bond donors (Lipinski definition) is 1. The van der Waals surface area contributed by atoms with Gasteiger partial charge in [-0.3, -0.25) is 0 Å². The zero-order chi connectivity index (χ0) is 22.7. The first kappa shape index (κ1) is 20.8. The molecule has 5 heteroatoms. The molecule has 0 unspecified atom stereocenters. The number of benzene rings is 4. The summed E-state index contributed by atoms with van der Waals surface area (Å²) in [5.41, 5.74) is 9.72. The Labute approximate surface area is 192 Å². The van der Waals surface area contributed by atoms with Crippen molar-refractivity contribution in [2.45, 2.75) is 5.54 Å². The minimum absolute atomic E-state index is 0.00152. The Morgan fingerprint density at radius 2 is 1.27 bits per heavy atom. The third-order valence-corrected chi connectivity index (χ3v) is 5.92. The number of nitrogen functional groups attached to an aromatic ring is 1. The van der Waals surface area contributed by atoms with E-state index in [1.165, 1.54) is 0 Å². The van der Waals surface area contributed by atoms with Gasteiger partial charge in [-0.2, -0.15) is 5.10 Å². The molecule has 0 saturated carbocycles. The van der Waals surface area contributed by atoms with Gasteiger partial charge in [0, 0.05) is 5.39 Å². The van der Waals surface area contributed by atoms with Gasteiger partial charge < -0.3 is 10.5 Å². The lowest BCUT2D eigenvalue weighted by Gasteiger charge is -2.37. The van der Waals surface area contributed by atoms with Crippen LogP contribution in [0.4, 0.5) is 10.2 Å². The number of ether oxygens (including phenoxy) is 1. The molecule has 0 aliphatic carbocycles. The van der Waals surface area contributed by atoms with Gasteiger partial charge in [0.25, 0.3) is 0 Å². The van der Waals surface area contributed by atoms with Crippen LogP contribution in [0.2, 0.25) is 0 Å². The molecule has 1 heterocycles. The molecule has 0 aliphatic heterocycles. The number of anilines is 1. The maximum Gasteiger partial charge on any atom is 0.153 e. The molecule has 5 aromatic rings. The summed E-state index contributed by atoms with van der Waals surface area (Å²) in [5.74, 6) is 0.957. The molecule has 4 nitrogen and oxygen atoms in total. The summed E-state index contributed by atoms with van der Waals surface area (Å²) >= 11 is 0.